The molecule has 3 rings (SSSR count). The lowest BCUT2D eigenvalue weighted by atomic mass is 9.78. The van der Waals surface area contributed by atoms with E-state index in [2.05, 4.69) is 18.3 Å². The number of rotatable bonds is 4. The van der Waals surface area contributed by atoms with Gasteiger partial charge in [-0.25, -0.2) is 0 Å². The molecular formula is C17H26ClNO3. The van der Waals surface area contributed by atoms with Crippen molar-refractivity contribution in [2.75, 3.05) is 20.2 Å². The molecule has 5 heteroatoms. The van der Waals surface area contributed by atoms with Gasteiger partial charge in [0.1, 0.15) is 6.10 Å². The summed E-state index contributed by atoms with van der Waals surface area (Å²) in [6.45, 7) is 4.19. The van der Waals surface area contributed by atoms with Crippen LogP contribution in [0.1, 0.15) is 25.3 Å². The van der Waals surface area contributed by atoms with E-state index in [0.29, 0.717) is 11.8 Å². The Labute approximate surface area is 138 Å². The van der Waals surface area contributed by atoms with Gasteiger partial charge in [0.25, 0.3) is 0 Å². The minimum atomic E-state index is -0.387. The number of aryl methyl sites for hydroxylation is 1. The number of halogens is 1. The monoisotopic (exact) mass is 327 g/mol. The summed E-state index contributed by atoms with van der Waals surface area (Å²) in [7, 11) is 1.66. The zero-order chi connectivity index (χ0) is 14.8. The summed E-state index contributed by atoms with van der Waals surface area (Å²) in [5.74, 6) is 2.72. The second-order valence-corrected chi connectivity index (χ2v) is 6.21. The fraction of sp³-hybridized carbons (Fsp3) is 0.647. The molecule has 1 heterocycles. The van der Waals surface area contributed by atoms with Crippen LogP contribution in [0.15, 0.2) is 18.2 Å². The lowest BCUT2D eigenvalue weighted by Crippen LogP contribution is -2.42. The first-order chi connectivity index (χ1) is 10.2. The summed E-state index contributed by atoms with van der Waals surface area (Å²) < 4.78 is 11.5. The van der Waals surface area contributed by atoms with Gasteiger partial charge in [-0.1, -0.05) is 13.0 Å². The first kappa shape index (κ1) is 17.4. The van der Waals surface area contributed by atoms with Gasteiger partial charge in [-0.3, -0.25) is 0 Å². The van der Waals surface area contributed by atoms with Crippen LogP contribution in [-0.2, 0) is 6.42 Å². The molecule has 124 valence electrons. The largest absolute Gasteiger partial charge is 0.493 e. The van der Waals surface area contributed by atoms with Crippen molar-refractivity contribution in [2.24, 2.45) is 11.8 Å². The third kappa shape index (κ3) is 3.50. The molecule has 4 atom stereocenters. The van der Waals surface area contributed by atoms with E-state index >= 15 is 0 Å². The summed E-state index contributed by atoms with van der Waals surface area (Å²) in [6, 6.07) is 6.04. The Morgan fingerprint density at radius 1 is 1.18 bits per heavy atom. The van der Waals surface area contributed by atoms with Crippen LogP contribution in [-0.4, -0.2) is 37.5 Å². The van der Waals surface area contributed by atoms with Crippen LogP contribution >= 0.6 is 12.4 Å². The molecule has 2 aliphatic rings. The van der Waals surface area contributed by atoms with E-state index in [1.54, 1.807) is 7.11 Å². The standard InChI is InChI=1S/C17H25NO3.ClH/c1-3-11-4-5-15(17(6-11)20-2)21-16-8-13-10-18-9-12(13)7-14(16)19;/h4-6,12-14,16,18-19H,3,7-10H2,1-2H3;1H/t12-,13+,14+,16+;/m0./s1. The van der Waals surface area contributed by atoms with E-state index in [0.717, 1.165) is 43.9 Å². The Bertz CT molecular complexity index is 497. The molecule has 0 radical (unpaired) electrons. The van der Waals surface area contributed by atoms with Crippen molar-refractivity contribution < 1.29 is 14.6 Å². The average Bonchev–Trinajstić information content (AvgIpc) is 2.95. The van der Waals surface area contributed by atoms with E-state index in [4.69, 9.17) is 9.47 Å². The van der Waals surface area contributed by atoms with Gasteiger partial charge in [-0.05, 0) is 61.9 Å². The van der Waals surface area contributed by atoms with Crippen molar-refractivity contribution in [3.05, 3.63) is 23.8 Å². The number of aliphatic hydroxyl groups is 1. The predicted molar refractivity (Wildman–Crippen MR) is 89.1 cm³/mol. The predicted octanol–water partition coefficient (Wildman–Crippen LogP) is 2.42. The highest BCUT2D eigenvalue weighted by Crippen LogP contribution is 2.37. The smallest absolute Gasteiger partial charge is 0.161 e. The van der Waals surface area contributed by atoms with Crippen LogP contribution in [0.4, 0.5) is 0 Å². The lowest BCUT2D eigenvalue weighted by Gasteiger charge is -2.35. The van der Waals surface area contributed by atoms with Gasteiger partial charge in [-0.2, -0.15) is 0 Å². The van der Waals surface area contributed by atoms with E-state index in [1.165, 1.54) is 5.56 Å². The lowest BCUT2D eigenvalue weighted by molar-refractivity contribution is -0.0240. The molecule has 1 saturated heterocycles. The van der Waals surface area contributed by atoms with E-state index in [1.807, 2.05) is 12.1 Å². The Balaban J connectivity index is 0.00000176. The van der Waals surface area contributed by atoms with E-state index in [-0.39, 0.29) is 24.6 Å². The molecule has 1 aromatic rings. The highest BCUT2D eigenvalue weighted by atomic mass is 35.5. The molecule has 1 aliphatic carbocycles. The molecule has 22 heavy (non-hydrogen) atoms. The third-order valence-corrected chi connectivity index (χ3v) is 4.90. The number of methoxy groups -OCH3 is 1. The fourth-order valence-corrected chi connectivity index (χ4v) is 3.58. The van der Waals surface area contributed by atoms with Crippen molar-refractivity contribution >= 4 is 12.4 Å². The normalized spacial score (nSPS) is 30.3. The van der Waals surface area contributed by atoms with Crippen molar-refractivity contribution in [3.8, 4) is 11.5 Å². The van der Waals surface area contributed by atoms with Gasteiger partial charge < -0.3 is 19.9 Å². The summed E-state index contributed by atoms with van der Waals surface area (Å²) in [6.07, 6.45) is 2.20. The second kappa shape index (κ2) is 7.53. The summed E-state index contributed by atoms with van der Waals surface area (Å²) in [5.41, 5.74) is 1.23. The van der Waals surface area contributed by atoms with Crippen LogP contribution in [0.3, 0.4) is 0 Å². The van der Waals surface area contributed by atoms with Crippen LogP contribution in [0.2, 0.25) is 0 Å². The fourth-order valence-electron chi connectivity index (χ4n) is 3.58. The number of benzene rings is 1. The first-order valence-corrected chi connectivity index (χ1v) is 7.93. The number of fused-ring (bicyclic) bond motifs is 1. The number of aliphatic hydroxyl groups excluding tert-OH is 1. The quantitative estimate of drug-likeness (QED) is 0.891. The molecule has 0 bridgehead atoms. The van der Waals surface area contributed by atoms with Crippen molar-refractivity contribution in [2.45, 2.75) is 38.4 Å². The van der Waals surface area contributed by atoms with Gasteiger partial charge in [-0.15, -0.1) is 12.4 Å². The molecule has 0 aromatic heterocycles. The Morgan fingerprint density at radius 3 is 2.59 bits per heavy atom. The van der Waals surface area contributed by atoms with E-state index < -0.39 is 0 Å². The zero-order valence-electron chi connectivity index (χ0n) is 13.2. The molecule has 2 fully saturated rings. The summed E-state index contributed by atoms with van der Waals surface area (Å²) in [4.78, 5) is 0. The molecule has 1 aliphatic heterocycles. The topological polar surface area (TPSA) is 50.7 Å². The van der Waals surface area contributed by atoms with Crippen molar-refractivity contribution in [1.82, 2.24) is 5.32 Å². The number of ether oxygens (including phenoxy) is 2. The molecule has 0 spiro atoms. The van der Waals surface area contributed by atoms with Crippen LogP contribution in [0.25, 0.3) is 0 Å². The Kier molecular flexibility index (Phi) is 5.95. The van der Waals surface area contributed by atoms with Gasteiger partial charge in [0.15, 0.2) is 11.5 Å². The van der Waals surface area contributed by atoms with Gasteiger partial charge in [0, 0.05) is 0 Å². The SMILES string of the molecule is CCc1ccc(O[C@@H]2C[C@@H]3CNC[C@@H]3C[C@H]2O)c(OC)c1.Cl. The first-order valence-electron chi connectivity index (χ1n) is 7.93. The number of nitrogens with one attached hydrogen (secondary N) is 1. The van der Waals surface area contributed by atoms with Crippen molar-refractivity contribution in [3.63, 3.8) is 0 Å². The van der Waals surface area contributed by atoms with Crippen LogP contribution in [0.5, 0.6) is 11.5 Å². The Morgan fingerprint density at radius 2 is 1.91 bits per heavy atom. The van der Waals surface area contributed by atoms with Gasteiger partial charge in [0.2, 0.25) is 0 Å². The molecule has 4 nitrogen and oxygen atoms in total. The molecule has 0 unspecified atom stereocenters. The molecular weight excluding hydrogens is 302 g/mol. The van der Waals surface area contributed by atoms with Crippen LogP contribution < -0.4 is 14.8 Å². The number of hydrogen-bond donors (Lipinski definition) is 2. The summed E-state index contributed by atoms with van der Waals surface area (Å²) >= 11 is 0. The zero-order valence-corrected chi connectivity index (χ0v) is 14.1. The van der Waals surface area contributed by atoms with E-state index in [9.17, 15) is 5.11 Å². The van der Waals surface area contributed by atoms with Gasteiger partial charge >= 0.3 is 0 Å². The average molecular weight is 328 g/mol. The molecule has 1 saturated carbocycles. The van der Waals surface area contributed by atoms with Crippen molar-refractivity contribution in [1.29, 1.82) is 0 Å². The minimum absolute atomic E-state index is 0. The van der Waals surface area contributed by atoms with Gasteiger partial charge in [0.05, 0.1) is 13.2 Å². The minimum Gasteiger partial charge on any atom is -0.493 e. The molecule has 1 aromatic carbocycles. The highest BCUT2D eigenvalue weighted by Gasteiger charge is 2.40. The third-order valence-electron chi connectivity index (χ3n) is 4.90. The Hall–Kier alpha value is -0.970. The molecule has 0 amide bonds. The maximum Gasteiger partial charge on any atom is 0.161 e. The van der Waals surface area contributed by atoms with Crippen LogP contribution in [0, 0.1) is 11.8 Å². The highest BCUT2D eigenvalue weighted by molar-refractivity contribution is 5.85. The number of hydrogen-bond acceptors (Lipinski definition) is 4. The maximum atomic E-state index is 10.3. The maximum absolute atomic E-state index is 10.3. The second-order valence-electron chi connectivity index (χ2n) is 6.21. The molecule has 2 N–H and O–H groups in total. The summed E-state index contributed by atoms with van der Waals surface area (Å²) in [5, 5.41) is 13.8.